The molecule has 0 amide bonds. The molecule has 1 aromatic rings. The van der Waals surface area contributed by atoms with Gasteiger partial charge in [0.2, 0.25) is 0 Å². The molecule has 2 rings (SSSR count). The second kappa shape index (κ2) is 8.42. The van der Waals surface area contributed by atoms with Crippen LogP contribution in [0.4, 0.5) is 0 Å². The lowest BCUT2D eigenvalue weighted by molar-refractivity contribution is 0.275. The SMILES string of the molecule is CCCn1cc(CN2CCCN(S(=O)(=O)N(C)C(C)C)CC2)cn1. The normalized spacial score (nSPS) is 18.4. The maximum atomic E-state index is 12.6. The molecule has 1 saturated heterocycles. The summed E-state index contributed by atoms with van der Waals surface area (Å²) in [5, 5.41) is 4.37. The van der Waals surface area contributed by atoms with Crippen molar-refractivity contribution in [2.45, 2.75) is 52.7 Å². The molecule has 0 bridgehead atoms. The number of hydrogen-bond donors (Lipinski definition) is 0. The van der Waals surface area contributed by atoms with Crippen molar-refractivity contribution in [3.63, 3.8) is 0 Å². The van der Waals surface area contributed by atoms with Gasteiger partial charge in [-0.05, 0) is 33.2 Å². The van der Waals surface area contributed by atoms with E-state index in [-0.39, 0.29) is 6.04 Å². The molecule has 7 nitrogen and oxygen atoms in total. The summed E-state index contributed by atoms with van der Waals surface area (Å²) in [6.45, 7) is 10.5. The summed E-state index contributed by atoms with van der Waals surface area (Å²) in [5.74, 6) is 0. The van der Waals surface area contributed by atoms with E-state index < -0.39 is 10.2 Å². The van der Waals surface area contributed by atoms with Gasteiger partial charge in [0.25, 0.3) is 10.2 Å². The first kappa shape index (κ1) is 19.4. The Kier molecular flexibility index (Phi) is 6.79. The minimum Gasteiger partial charge on any atom is -0.298 e. The van der Waals surface area contributed by atoms with Gasteiger partial charge >= 0.3 is 0 Å². The van der Waals surface area contributed by atoms with Gasteiger partial charge in [-0.3, -0.25) is 9.58 Å². The first-order valence-electron chi connectivity index (χ1n) is 8.81. The third-order valence-corrected chi connectivity index (χ3v) is 6.68. The molecule has 0 aromatic carbocycles. The molecule has 24 heavy (non-hydrogen) atoms. The maximum Gasteiger partial charge on any atom is 0.282 e. The van der Waals surface area contributed by atoms with Crippen LogP contribution in [0.3, 0.4) is 0 Å². The second-order valence-corrected chi connectivity index (χ2v) is 8.75. The van der Waals surface area contributed by atoms with Crippen LogP contribution in [-0.2, 0) is 23.3 Å². The molecule has 0 aliphatic carbocycles. The lowest BCUT2D eigenvalue weighted by Gasteiger charge is -2.28. The summed E-state index contributed by atoms with van der Waals surface area (Å²) >= 11 is 0. The van der Waals surface area contributed by atoms with E-state index in [9.17, 15) is 8.42 Å². The molecule has 1 aromatic heterocycles. The number of rotatable bonds is 7. The summed E-state index contributed by atoms with van der Waals surface area (Å²) in [7, 11) is -1.70. The standard InChI is InChI=1S/C16H31N5O2S/c1-5-7-20-14-16(12-17-20)13-19-8-6-9-21(11-10-19)24(22,23)18(4)15(2)3/h12,14-15H,5-11,13H2,1-4H3. The van der Waals surface area contributed by atoms with Gasteiger partial charge in [-0.15, -0.1) is 0 Å². The van der Waals surface area contributed by atoms with Crippen molar-refractivity contribution in [3.05, 3.63) is 18.0 Å². The van der Waals surface area contributed by atoms with Crippen molar-refractivity contribution in [2.24, 2.45) is 0 Å². The second-order valence-electron chi connectivity index (χ2n) is 6.76. The molecule has 0 N–H and O–H groups in total. The van der Waals surface area contributed by atoms with Gasteiger partial charge < -0.3 is 0 Å². The Hall–Kier alpha value is -0.960. The molecule has 1 aliphatic heterocycles. The van der Waals surface area contributed by atoms with Gasteiger partial charge in [0.05, 0.1) is 6.20 Å². The van der Waals surface area contributed by atoms with E-state index in [1.807, 2.05) is 24.7 Å². The molecule has 1 fully saturated rings. The monoisotopic (exact) mass is 357 g/mol. The first-order valence-corrected chi connectivity index (χ1v) is 10.2. The smallest absolute Gasteiger partial charge is 0.282 e. The van der Waals surface area contributed by atoms with E-state index in [1.54, 1.807) is 11.4 Å². The number of aromatic nitrogens is 2. The maximum absolute atomic E-state index is 12.6. The fourth-order valence-electron chi connectivity index (χ4n) is 2.88. The summed E-state index contributed by atoms with van der Waals surface area (Å²) in [6, 6.07) is -0.0289. The van der Waals surface area contributed by atoms with Crippen LogP contribution < -0.4 is 0 Å². The molecular weight excluding hydrogens is 326 g/mol. The Morgan fingerprint density at radius 1 is 1.25 bits per heavy atom. The minimum absolute atomic E-state index is 0.0289. The zero-order valence-corrected chi connectivity index (χ0v) is 16.2. The average Bonchev–Trinajstić information content (AvgIpc) is 2.82. The molecule has 0 spiro atoms. The van der Waals surface area contributed by atoms with Gasteiger partial charge in [0, 0.05) is 57.6 Å². The quantitative estimate of drug-likeness (QED) is 0.740. The van der Waals surface area contributed by atoms with E-state index in [0.717, 1.165) is 39.0 Å². The van der Waals surface area contributed by atoms with Crippen molar-refractivity contribution >= 4 is 10.2 Å². The van der Waals surface area contributed by atoms with Crippen LogP contribution in [-0.4, -0.2) is 71.0 Å². The Morgan fingerprint density at radius 3 is 2.67 bits per heavy atom. The molecule has 0 unspecified atom stereocenters. The van der Waals surface area contributed by atoms with Crippen LogP contribution >= 0.6 is 0 Å². The Balaban J connectivity index is 1.94. The predicted molar refractivity (Wildman–Crippen MR) is 95.8 cm³/mol. The third-order valence-electron chi connectivity index (χ3n) is 4.51. The summed E-state index contributed by atoms with van der Waals surface area (Å²) < 4.78 is 30.3. The van der Waals surface area contributed by atoms with Gasteiger partial charge in [0.1, 0.15) is 0 Å². The van der Waals surface area contributed by atoms with Crippen LogP contribution in [0, 0.1) is 0 Å². The highest BCUT2D eigenvalue weighted by atomic mass is 32.2. The van der Waals surface area contributed by atoms with E-state index in [4.69, 9.17) is 0 Å². The minimum atomic E-state index is -3.36. The Morgan fingerprint density at radius 2 is 2.00 bits per heavy atom. The van der Waals surface area contributed by atoms with E-state index in [0.29, 0.717) is 13.1 Å². The molecule has 2 heterocycles. The number of aryl methyl sites for hydroxylation is 1. The number of hydrogen-bond acceptors (Lipinski definition) is 4. The molecular formula is C16H31N5O2S. The topological polar surface area (TPSA) is 61.7 Å². The fourth-order valence-corrected chi connectivity index (χ4v) is 4.45. The Labute approximate surface area is 146 Å². The van der Waals surface area contributed by atoms with Gasteiger partial charge in [-0.1, -0.05) is 6.92 Å². The van der Waals surface area contributed by atoms with Crippen LogP contribution in [0.25, 0.3) is 0 Å². The largest absolute Gasteiger partial charge is 0.298 e. The highest BCUT2D eigenvalue weighted by Crippen LogP contribution is 2.15. The van der Waals surface area contributed by atoms with Gasteiger partial charge in [-0.2, -0.15) is 22.1 Å². The van der Waals surface area contributed by atoms with E-state index >= 15 is 0 Å². The van der Waals surface area contributed by atoms with E-state index in [2.05, 4.69) is 23.1 Å². The van der Waals surface area contributed by atoms with Crippen LogP contribution in [0.15, 0.2) is 12.4 Å². The van der Waals surface area contributed by atoms with Crippen molar-refractivity contribution < 1.29 is 8.42 Å². The fraction of sp³-hybridized carbons (Fsp3) is 0.812. The first-order chi connectivity index (χ1) is 11.3. The lowest BCUT2D eigenvalue weighted by atomic mass is 10.3. The van der Waals surface area contributed by atoms with Crippen molar-refractivity contribution in [1.82, 2.24) is 23.3 Å². The van der Waals surface area contributed by atoms with Gasteiger partial charge in [-0.25, -0.2) is 0 Å². The Bertz CT molecular complexity index is 614. The highest BCUT2D eigenvalue weighted by molar-refractivity contribution is 7.86. The molecule has 138 valence electrons. The van der Waals surface area contributed by atoms with Crippen LogP contribution in [0.5, 0.6) is 0 Å². The highest BCUT2D eigenvalue weighted by Gasteiger charge is 2.30. The third kappa shape index (κ3) is 4.78. The van der Waals surface area contributed by atoms with Crippen molar-refractivity contribution in [2.75, 3.05) is 33.2 Å². The van der Waals surface area contributed by atoms with E-state index in [1.165, 1.54) is 9.87 Å². The summed E-state index contributed by atoms with van der Waals surface area (Å²) in [6.07, 6.45) is 5.94. The molecule has 0 radical (unpaired) electrons. The lowest BCUT2D eigenvalue weighted by Crippen LogP contribution is -2.46. The summed E-state index contributed by atoms with van der Waals surface area (Å²) in [4.78, 5) is 2.32. The average molecular weight is 358 g/mol. The van der Waals surface area contributed by atoms with Crippen LogP contribution in [0.1, 0.15) is 39.2 Å². The summed E-state index contributed by atoms with van der Waals surface area (Å²) in [5.41, 5.74) is 1.19. The predicted octanol–water partition coefficient (Wildman–Crippen LogP) is 1.39. The molecule has 8 heteroatoms. The van der Waals surface area contributed by atoms with Crippen LogP contribution in [0.2, 0.25) is 0 Å². The van der Waals surface area contributed by atoms with Crippen molar-refractivity contribution in [3.8, 4) is 0 Å². The van der Waals surface area contributed by atoms with Gasteiger partial charge in [0.15, 0.2) is 0 Å². The molecule has 0 atom stereocenters. The number of nitrogens with zero attached hydrogens (tertiary/aromatic N) is 5. The van der Waals surface area contributed by atoms with Crippen molar-refractivity contribution in [1.29, 1.82) is 0 Å². The zero-order chi connectivity index (χ0) is 17.7. The molecule has 1 aliphatic rings. The zero-order valence-electron chi connectivity index (χ0n) is 15.3. The molecule has 0 saturated carbocycles.